The molecule has 0 fully saturated rings. The van der Waals surface area contributed by atoms with Gasteiger partial charge in [0.1, 0.15) is 0 Å². The zero-order valence-corrected chi connectivity index (χ0v) is 15.8. The maximum absolute atomic E-state index is 11.9. The van der Waals surface area contributed by atoms with Crippen molar-refractivity contribution in [2.24, 2.45) is 0 Å². The van der Waals surface area contributed by atoms with E-state index >= 15 is 0 Å². The van der Waals surface area contributed by atoms with Gasteiger partial charge in [0.2, 0.25) is 5.88 Å². The maximum atomic E-state index is 11.9. The van der Waals surface area contributed by atoms with Crippen LogP contribution < -0.4 is 5.32 Å². The Morgan fingerprint density at radius 1 is 0.833 bits per heavy atom. The molecule has 138 valence electrons. The Morgan fingerprint density at radius 2 is 1.42 bits per heavy atom. The van der Waals surface area contributed by atoms with Crippen molar-refractivity contribution >= 4 is 10.1 Å². The van der Waals surface area contributed by atoms with E-state index in [-0.39, 0.29) is 11.6 Å². The molecule has 0 saturated heterocycles. The standard InChI is InChI=1S/C19H33NO3S/c1-2-3-4-5-6-7-8-9-10-11-15-18-24(21,22)23-19-16-13-12-14-17-20-19/h12-14,16-17,20H,2-11,15,18H2,1H3. The molecule has 1 heterocycles. The van der Waals surface area contributed by atoms with Crippen LogP contribution in [0.2, 0.25) is 0 Å². The van der Waals surface area contributed by atoms with Crippen molar-refractivity contribution in [1.82, 2.24) is 5.32 Å². The molecule has 0 aliphatic carbocycles. The molecule has 1 aliphatic rings. The molecule has 0 aromatic carbocycles. The summed E-state index contributed by atoms with van der Waals surface area (Å²) in [5.74, 6) is 0.333. The van der Waals surface area contributed by atoms with Crippen molar-refractivity contribution in [3.63, 3.8) is 0 Å². The summed E-state index contributed by atoms with van der Waals surface area (Å²) in [4.78, 5) is 0. The van der Waals surface area contributed by atoms with Gasteiger partial charge in [-0.1, -0.05) is 83.3 Å². The second-order valence-corrected chi connectivity index (χ2v) is 7.99. The van der Waals surface area contributed by atoms with E-state index < -0.39 is 10.1 Å². The van der Waals surface area contributed by atoms with E-state index in [1.54, 1.807) is 30.5 Å². The minimum absolute atomic E-state index is 0.0798. The number of nitrogens with one attached hydrogen (secondary N) is 1. The third-order valence-electron chi connectivity index (χ3n) is 4.01. The molecule has 0 bridgehead atoms. The largest absolute Gasteiger partial charge is 0.364 e. The van der Waals surface area contributed by atoms with Crippen LogP contribution in [0, 0.1) is 0 Å². The Bertz CT molecular complexity index is 507. The molecular weight excluding hydrogens is 322 g/mol. The second kappa shape index (κ2) is 13.1. The molecule has 0 spiro atoms. The van der Waals surface area contributed by atoms with Crippen LogP contribution in [0.3, 0.4) is 0 Å². The number of allylic oxidation sites excluding steroid dienone is 4. The topological polar surface area (TPSA) is 55.4 Å². The van der Waals surface area contributed by atoms with E-state index in [0.717, 1.165) is 12.8 Å². The van der Waals surface area contributed by atoms with Gasteiger partial charge < -0.3 is 9.50 Å². The van der Waals surface area contributed by atoms with Gasteiger partial charge in [0, 0.05) is 6.20 Å². The van der Waals surface area contributed by atoms with E-state index in [0.29, 0.717) is 6.42 Å². The summed E-state index contributed by atoms with van der Waals surface area (Å²) >= 11 is 0. The maximum Gasteiger partial charge on any atom is 0.310 e. The normalized spacial score (nSPS) is 14.1. The lowest BCUT2D eigenvalue weighted by Crippen LogP contribution is -2.16. The lowest BCUT2D eigenvalue weighted by molar-refractivity contribution is 0.385. The third kappa shape index (κ3) is 11.3. The zero-order chi connectivity index (χ0) is 17.5. The minimum Gasteiger partial charge on any atom is -0.364 e. The molecular formula is C19H33NO3S. The molecule has 1 N–H and O–H groups in total. The Kier molecular flexibility index (Phi) is 11.4. The van der Waals surface area contributed by atoms with Gasteiger partial charge in [-0.15, -0.1) is 0 Å². The summed E-state index contributed by atoms with van der Waals surface area (Å²) in [7, 11) is -3.51. The lowest BCUT2D eigenvalue weighted by atomic mass is 10.1. The molecule has 0 aromatic rings. The Hall–Kier alpha value is -1.23. The molecule has 0 unspecified atom stereocenters. The highest BCUT2D eigenvalue weighted by molar-refractivity contribution is 7.86. The summed E-state index contributed by atoms with van der Waals surface area (Å²) in [6.45, 7) is 2.24. The molecule has 0 saturated carbocycles. The van der Waals surface area contributed by atoms with Crippen molar-refractivity contribution in [2.45, 2.75) is 77.6 Å². The van der Waals surface area contributed by atoms with Gasteiger partial charge in [-0.3, -0.25) is 0 Å². The Morgan fingerprint density at radius 3 is 2.04 bits per heavy atom. The fourth-order valence-corrected chi connectivity index (χ4v) is 3.63. The summed E-state index contributed by atoms with van der Waals surface area (Å²) < 4.78 is 28.9. The molecule has 0 aromatic heterocycles. The molecule has 4 nitrogen and oxygen atoms in total. The summed E-state index contributed by atoms with van der Waals surface area (Å²) in [5.41, 5.74) is 0. The summed E-state index contributed by atoms with van der Waals surface area (Å²) in [6.07, 6.45) is 21.8. The molecule has 1 aliphatic heterocycles. The summed E-state index contributed by atoms with van der Waals surface area (Å²) in [5, 5.41) is 2.80. The van der Waals surface area contributed by atoms with E-state index in [2.05, 4.69) is 12.2 Å². The number of hydrogen-bond donors (Lipinski definition) is 1. The van der Waals surface area contributed by atoms with Gasteiger partial charge >= 0.3 is 10.1 Å². The molecule has 5 heteroatoms. The molecule has 0 atom stereocenters. The minimum atomic E-state index is -3.51. The Balaban J connectivity index is 2.00. The van der Waals surface area contributed by atoms with E-state index in [1.165, 1.54) is 51.4 Å². The van der Waals surface area contributed by atoms with Gasteiger partial charge in [-0.05, 0) is 18.6 Å². The fraction of sp³-hybridized carbons (Fsp3) is 0.684. The smallest absolute Gasteiger partial charge is 0.310 e. The van der Waals surface area contributed by atoms with E-state index in [1.807, 2.05) is 0 Å². The first-order valence-electron chi connectivity index (χ1n) is 9.36. The number of unbranched alkanes of at least 4 members (excludes halogenated alkanes) is 10. The highest BCUT2D eigenvalue weighted by Crippen LogP contribution is 2.12. The average molecular weight is 356 g/mol. The SMILES string of the molecule is CCCCCCCCCCCCCS(=O)(=O)OC1=CC=CC=CN1. The Labute approximate surface area is 148 Å². The van der Waals surface area contributed by atoms with Crippen molar-refractivity contribution in [3.05, 3.63) is 36.4 Å². The predicted octanol–water partition coefficient (Wildman–Crippen LogP) is 5.16. The molecule has 24 heavy (non-hydrogen) atoms. The van der Waals surface area contributed by atoms with Gasteiger partial charge in [-0.25, -0.2) is 0 Å². The fourth-order valence-electron chi connectivity index (χ4n) is 2.61. The van der Waals surface area contributed by atoms with Gasteiger partial charge in [-0.2, -0.15) is 8.42 Å². The number of rotatable bonds is 14. The van der Waals surface area contributed by atoms with Gasteiger partial charge in [0.05, 0.1) is 5.75 Å². The zero-order valence-electron chi connectivity index (χ0n) is 15.0. The van der Waals surface area contributed by atoms with E-state index in [4.69, 9.17) is 4.18 Å². The van der Waals surface area contributed by atoms with Crippen LogP contribution in [0.5, 0.6) is 0 Å². The average Bonchev–Trinajstić information content (AvgIpc) is 2.80. The highest BCUT2D eigenvalue weighted by atomic mass is 32.2. The molecule has 0 amide bonds. The predicted molar refractivity (Wildman–Crippen MR) is 101 cm³/mol. The van der Waals surface area contributed by atoms with Crippen LogP contribution in [0.25, 0.3) is 0 Å². The first-order chi connectivity index (χ1) is 11.6. The van der Waals surface area contributed by atoms with Crippen molar-refractivity contribution in [3.8, 4) is 0 Å². The molecule has 0 radical (unpaired) electrons. The van der Waals surface area contributed by atoms with E-state index in [9.17, 15) is 8.42 Å². The van der Waals surface area contributed by atoms with Crippen molar-refractivity contribution < 1.29 is 12.6 Å². The lowest BCUT2D eigenvalue weighted by Gasteiger charge is -2.09. The van der Waals surface area contributed by atoms with Gasteiger partial charge in [0.25, 0.3) is 0 Å². The van der Waals surface area contributed by atoms with Crippen LogP contribution in [0.15, 0.2) is 36.4 Å². The monoisotopic (exact) mass is 355 g/mol. The molecule has 1 rings (SSSR count). The summed E-state index contributed by atoms with van der Waals surface area (Å²) in [6, 6.07) is 0. The third-order valence-corrected chi connectivity index (χ3v) is 5.23. The quantitative estimate of drug-likeness (QED) is 0.345. The van der Waals surface area contributed by atoms with Crippen molar-refractivity contribution in [2.75, 3.05) is 5.75 Å². The first-order valence-corrected chi connectivity index (χ1v) is 10.9. The number of hydrogen-bond acceptors (Lipinski definition) is 4. The van der Waals surface area contributed by atoms with Crippen molar-refractivity contribution in [1.29, 1.82) is 0 Å². The second-order valence-electron chi connectivity index (χ2n) is 6.30. The first kappa shape index (κ1) is 20.8. The van der Waals surface area contributed by atoms with Crippen LogP contribution in [-0.2, 0) is 14.3 Å². The van der Waals surface area contributed by atoms with Crippen LogP contribution >= 0.6 is 0 Å². The van der Waals surface area contributed by atoms with Crippen LogP contribution in [0.4, 0.5) is 0 Å². The van der Waals surface area contributed by atoms with Gasteiger partial charge in [0.15, 0.2) is 0 Å². The van der Waals surface area contributed by atoms with Crippen LogP contribution in [0.1, 0.15) is 77.6 Å². The highest BCUT2D eigenvalue weighted by Gasteiger charge is 2.13. The van der Waals surface area contributed by atoms with Crippen LogP contribution in [-0.4, -0.2) is 14.2 Å².